The van der Waals surface area contributed by atoms with Crippen LogP contribution in [0.2, 0.25) is 0 Å². The average Bonchev–Trinajstić information content (AvgIpc) is 2.88. The second-order valence-electron chi connectivity index (χ2n) is 3.44. The van der Waals surface area contributed by atoms with E-state index in [9.17, 15) is 0 Å². The summed E-state index contributed by atoms with van der Waals surface area (Å²) in [5.74, 6) is 0.998. The van der Waals surface area contributed by atoms with Crippen molar-refractivity contribution in [3.63, 3.8) is 0 Å². The van der Waals surface area contributed by atoms with Crippen molar-refractivity contribution in [3.05, 3.63) is 53.9 Å². The van der Waals surface area contributed by atoms with Crippen molar-refractivity contribution in [1.82, 2.24) is 0 Å². The van der Waals surface area contributed by atoms with Gasteiger partial charge in [0.05, 0.1) is 18.8 Å². The van der Waals surface area contributed by atoms with Gasteiger partial charge in [-0.3, -0.25) is 0 Å². The maximum absolute atomic E-state index is 5.48. The van der Waals surface area contributed by atoms with E-state index >= 15 is 0 Å². The van der Waals surface area contributed by atoms with Gasteiger partial charge in [0, 0.05) is 11.1 Å². The minimum Gasteiger partial charge on any atom is -0.472 e. The molecule has 0 saturated carbocycles. The summed E-state index contributed by atoms with van der Waals surface area (Å²) in [6.45, 7) is 0. The number of allylic oxidation sites excluding steroid dienone is 1. The zero-order valence-electron chi connectivity index (χ0n) is 7.69. The van der Waals surface area contributed by atoms with Gasteiger partial charge >= 0.3 is 0 Å². The van der Waals surface area contributed by atoms with Crippen molar-refractivity contribution in [1.29, 1.82) is 0 Å². The standard InChI is InChI=1S/C12H10O2/c1-2-9-5-7-14-12(9)11(3-1)10-4-6-13-8-10/h3-8H,1-2H2. The number of fused-ring (bicyclic) bond motifs is 1. The molecule has 0 atom stereocenters. The van der Waals surface area contributed by atoms with Crippen molar-refractivity contribution in [2.75, 3.05) is 0 Å². The van der Waals surface area contributed by atoms with E-state index in [1.165, 1.54) is 5.56 Å². The molecule has 2 heterocycles. The van der Waals surface area contributed by atoms with Crippen LogP contribution in [0.25, 0.3) is 5.57 Å². The number of aryl methyl sites for hydroxylation is 1. The molecule has 2 aromatic heterocycles. The van der Waals surface area contributed by atoms with E-state index in [0.717, 1.165) is 29.7 Å². The Morgan fingerprint density at radius 2 is 2.14 bits per heavy atom. The summed E-state index contributed by atoms with van der Waals surface area (Å²) in [7, 11) is 0. The molecule has 0 saturated heterocycles. The summed E-state index contributed by atoms with van der Waals surface area (Å²) >= 11 is 0. The largest absolute Gasteiger partial charge is 0.472 e. The van der Waals surface area contributed by atoms with Crippen LogP contribution < -0.4 is 0 Å². The predicted octanol–water partition coefficient (Wildman–Crippen LogP) is 3.25. The van der Waals surface area contributed by atoms with Gasteiger partial charge in [0.25, 0.3) is 0 Å². The van der Waals surface area contributed by atoms with E-state index in [4.69, 9.17) is 8.83 Å². The number of hydrogen-bond acceptors (Lipinski definition) is 2. The summed E-state index contributed by atoms with van der Waals surface area (Å²) in [5, 5.41) is 0. The van der Waals surface area contributed by atoms with Gasteiger partial charge in [0.1, 0.15) is 5.76 Å². The second-order valence-corrected chi connectivity index (χ2v) is 3.44. The van der Waals surface area contributed by atoms with Gasteiger partial charge in [-0.05, 0) is 30.5 Å². The molecule has 70 valence electrons. The molecule has 2 nitrogen and oxygen atoms in total. The highest BCUT2D eigenvalue weighted by molar-refractivity contribution is 5.79. The molecule has 0 radical (unpaired) electrons. The Bertz CT molecular complexity index is 460. The van der Waals surface area contributed by atoms with Crippen LogP contribution in [0.15, 0.2) is 45.8 Å². The number of furan rings is 2. The fraction of sp³-hybridized carbons (Fsp3) is 0.167. The molecule has 2 aromatic rings. The molecular formula is C12H10O2. The molecule has 14 heavy (non-hydrogen) atoms. The fourth-order valence-corrected chi connectivity index (χ4v) is 1.90. The Labute approximate surface area is 81.8 Å². The van der Waals surface area contributed by atoms with Crippen LogP contribution in [0.4, 0.5) is 0 Å². The lowest BCUT2D eigenvalue weighted by Gasteiger charge is -2.10. The quantitative estimate of drug-likeness (QED) is 0.683. The molecule has 3 rings (SSSR count). The minimum atomic E-state index is 0.998. The highest BCUT2D eigenvalue weighted by Crippen LogP contribution is 2.32. The number of hydrogen-bond donors (Lipinski definition) is 0. The molecule has 1 aliphatic carbocycles. The molecule has 0 spiro atoms. The first kappa shape index (κ1) is 7.68. The molecule has 0 bridgehead atoms. The van der Waals surface area contributed by atoms with Crippen LogP contribution in [0.3, 0.4) is 0 Å². The average molecular weight is 186 g/mol. The molecule has 0 amide bonds. The molecular weight excluding hydrogens is 176 g/mol. The van der Waals surface area contributed by atoms with E-state index < -0.39 is 0 Å². The lowest BCUT2D eigenvalue weighted by molar-refractivity contribution is 0.545. The smallest absolute Gasteiger partial charge is 0.137 e. The minimum absolute atomic E-state index is 0.998. The van der Waals surface area contributed by atoms with Gasteiger partial charge in [0.15, 0.2) is 0 Å². The van der Waals surface area contributed by atoms with Crippen molar-refractivity contribution in [2.45, 2.75) is 12.8 Å². The third-order valence-corrected chi connectivity index (χ3v) is 2.59. The Balaban J connectivity index is 2.14. The highest BCUT2D eigenvalue weighted by Gasteiger charge is 2.17. The van der Waals surface area contributed by atoms with Crippen LogP contribution in [0, 0.1) is 0 Å². The van der Waals surface area contributed by atoms with Crippen molar-refractivity contribution in [2.24, 2.45) is 0 Å². The maximum atomic E-state index is 5.48. The summed E-state index contributed by atoms with van der Waals surface area (Å²) < 4.78 is 10.6. The fourth-order valence-electron chi connectivity index (χ4n) is 1.90. The Morgan fingerprint density at radius 1 is 1.14 bits per heavy atom. The van der Waals surface area contributed by atoms with Gasteiger partial charge in [0.2, 0.25) is 0 Å². The second kappa shape index (κ2) is 2.91. The van der Waals surface area contributed by atoms with Crippen LogP contribution in [-0.4, -0.2) is 0 Å². The Morgan fingerprint density at radius 3 is 3.00 bits per heavy atom. The van der Waals surface area contributed by atoms with Gasteiger partial charge in [-0.25, -0.2) is 0 Å². The molecule has 0 aromatic carbocycles. The third-order valence-electron chi connectivity index (χ3n) is 2.59. The molecule has 2 heteroatoms. The lowest BCUT2D eigenvalue weighted by atomic mass is 9.94. The molecule has 0 fully saturated rings. The van der Waals surface area contributed by atoms with E-state index in [1.54, 1.807) is 18.8 Å². The van der Waals surface area contributed by atoms with E-state index in [2.05, 4.69) is 6.08 Å². The van der Waals surface area contributed by atoms with E-state index in [-0.39, 0.29) is 0 Å². The molecule has 1 aliphatic rings. The Kier molecular flexibility index (Phi) is 1.60. The summed E-state index contributed by atoms with van der Waals surface area (Å²) in [5.41, 5.74) is 3.55. The van der Waals surface area contributed by atoms with Gasteiger partial charge in [-0.1, -0.05) is 6.08 Å². The van der Waals surface area contributed by atoms with E-state index in [1.807, 2.05) is 12.1 Å². The van der Waals surface area contributed by atoms with Crippen LogP contribution in [-0.2, 0) is 6.42 Å². The molecule has 0 aliphatic heterocycles. The zero-order valence-corrected chi connectivity index (χ0v) is 7.69. The first-order valence-corrected chi connectivity index (χ1v) is 4.74. The molecule has 0 unspecified atom stereocenters. The Hall–Kier alpha value is -1.70. The van der Waals surface area contributed by atoms with Crippen LogP contribution >= 0.6 is 0 Å². The summed E-state index contributed by atoms with van der Waals surface area (Å²) in [6.07, 6.45) is 9.55. The third kappa shape index (κ3) is 1.04. The van der Waals surface area contributed by atoms with Crippen molar-refractivity contribution < 1.29 is 8.83 Å². The first-order valence-electron chi connectivity index (χ1n) is 4.74. The summed E-state index contributed by atoms with van der Waals surface area (Å²) in [6, 6.07) is 4.01. The number of rotatable bonds is 1. The van der Waals surface area contributed by atoms with Crippen LogP contribution in [0.5, 0.6) is 0 Å². The van der Waals surface area contributed by atoms with E-state index in [0.29, 0.717) is 0 Å². The predicted molar refractivity (Wildman–Crippen MR) is 52.8 cm³/mol. The monoisotopic (exact) mass is 186 g/mol. The SMILES string of the molecule is C1=C(c2ccoc2)c2occc2CC1. The molecule has 0 N–H and O–H groups in total. The van der Waals surface area contributed by atoms with Crippen LogP contribution in [0.1, 0.15) is 23.3 Å². The normalized spacial score (nSPS) is 15.0. The van der Waals surface area contributed by atoms with Gasteiger partial charge in [-0.2, -0.15) is 0 Å². The van der Waals surface area contributed by atoms with Gasteiger partial charge in [-0.15, -0.1) is 0 Å². The highest BCUT2D eigenvalue weighted by atomic mass is 16.3. The lowest BCUT2D eigenvalue weighted by Crippen LogP contribution is -1.96. The zero-order chi connectivity index (χ0) is 9.38. The van der Waals surface area contributed by atoms with Gasteiger partial charge < -0.3 is 8.83 Å². The first-order chi connectivity index (χ1) is 6.95. The summed E-state index contributed by atoms with van der Waals surface area (Å²) in [4.78, 5) is 0. The van der Waals surface area contributed by atoms with Crippen molar-refractivity contribution >= 4 is 5.57 Å². The maximum Gasteiger partial charge on any atom is 0.137 e. The van der Waals surface area contributed by atoms with Crippen molar-refractivity contribution in [3.8, 4) is 0 Å². The topological polar surface area (TPSA) is 26.3 Å².